The molecule has 6 heteroatoms. The van der Waals surface area contributed by atoms with Gasteiger partial charge in [0.05, 0.1) is 31.1 Å². The first-order chi connectivity index (χ1) is 14.6. The molecule has 156 valence electrons. The van der Waals surface area contributed by atoms with Crippen LogP contribution in [0.5, 0.6) is 5.75 Å². The van der Waals surface area contributed by atoms with Crippen LogP contribution in [0.2, 0.25) is 5.02 Å². The van der Waals surface area contributed by atoms with E-state index in [4.69, 9.17) is 16.3 Å². The van der Waals surface area contributed by atoms with E-state index in [-0.39, 0.29) is 12.1 Å². The molecule has 0 fully saturated rings. The molecule has 0 spiro atoms. The van der Waals surface area contributed by atoms with Crippen LogP contribution in [-0.2, 0) is 6.42 Å². The van der Waals surface area contributed by atoms with E-state index in [9.17, 15) is 0 Å². The van der Waals surface area contributed by atoms with Crippen LogP contribution in [0, 0.1) is 0 Å². The highest BCUT2D eigenvalue weighted by atomic mass is 35.5. The summed E-state index contributed by atoms with van der Waals surface area (Å²) in [5.41, 5.74) is 4.05. The molecule has 2 aromatic carbocycles. The summed E-state index contributed by atoms with van der Waals surface area (Å²) >= 11 is 6.03. The van der Waals surface area contributed by atoms with Gasteiger partial charge in [0.2, 0.25) is 0 Å². The Morgan fingerprint density at radius 3 is 2.53 bits per heavy atom. The van der Waals surface area contributed by atoms with Gasteiger partial charge < -0.3 is 10.1 Å². The number of aromatic nitrogens is 2. The molecular weight excluding hydrogens is 396 g/mol. The third kappa shape index (κ3) is 5.81. The van der Waals surface area contributed by atoms with Crippen molar-refractivity contribution < 1.29 is 4.74 Å². The zero-order valence-corrected chi connectivity index (χ0v) is 18.1. The second kappa shape index (κ2) is 10.8. The van der Waals surface area contributed by atoms with Crippen molar-refractivity contribution in [2.24, 2.45) is 0 Å². The van der Waals surface area contributed by atoms with Crippen molar-refractivity contribution >= 4 is 11.6 Å². The van der Waals surface area contributed by atoms with Gasteiger partial charge in [-0.1, -0.05) is 60.6 Å². The largest absolute Gasteiger partial charge is 0.495 e. The Bertz CT molecular complexity index is 947. The molecule has 0 aliphatic heterocycles. The van der Waals surface area contributed by atoms with Crippen molar-refractivity contribution in [1.29, 1.82) is 0 Å². The predicted octanol–water partition coefficient (Wildman–Crippen LogP) is 4.88. The summed E-state index contributed by atoms with van der Waals surface area (Å²) in [6.45, 7) is 4.21. The minimum Gasteiger partial charge on any atom is -0.495 e. The molecule has 30 heavy (non-hydrogen) atoms. The van der Waals surface area contributed by atoms with Crippen molar-refractivity contribution in [2.75, 3.05) is 14.2 Å². The van der Waals surface area contributed by atoms with Gasteiger partial charge in [0, 0.05) is 23.8 Å². The molecule has 1 aromatic heterocycles. The highest BCUT2D eigenvalue weighted by molar-refractivity contribution is 6.30. The summed E-state index contributed by atoms with van der Waals surface area (Å²) in [5, 5.41) is 16.2. The first-order valence-corrected chi connectivity index (χ1v) is 10.3. The molecule has 0 bridgehead atoms. The number of hydrogen-bond acceptors (Lipinski definition) is 5. The average Bonchev–Trinajstić information content (AvgIpc) is 2.80. The van der Waals surface area contributed by atoms with E-state index in [0.717, 1.165) is 34.8 Å². The third-order valence-electron chi connectivity index (χ3n) is 5.05. The Kier molecular flexibility index (Phi) is 7.82. The second-order valence-electron chi connectivity index (χ2n) is 7.02. The van der Waals surface area contributed by atoms with Gasteiger partial charge in [-0.2, -0.15) is 10.2 Å². The summed E-state index contributed by atoms with van der Waals surface area (Å²) in [4.78, 5) is 0. The minimum atomic E-state index is -0.0839. The summed E-state index contributed by atoms with van der Waals surface area (Å²) in [5.74, 6) is 0.682. The number of methoxy groups -OCH3 is 1. The van der Waals surface area contributed by atoms with E-state index in [1.807, 2.05) is 43.4 Å². The Balaban J connectivity index is 1.88. The fourth-order valence-corrected chi connectivity index (χ4v) is 3.44. The fourth-order valence-electron chi connectivity index (χ4n) is 3.31. The number of halogens is 1. The van der Waals surface area contributed by atoms with Crippen molar-refractivity contribution in [3.05, 3.63) is 101 Å². The monoisotopic (exact) mass is 422 g/mol. The third-order valence-corrected chi connectivity index (χ3v) is 5.30. The van der Waals surface area contributed by atoms with Gasteiger partial charge in [-0.15, -0.1) is 0 Å². The lowest BCUT2D eigenvalue weighted by molar-refractivity contribution is 0.401. The molecule has 2 unspecified atom stereocenters. The maximum atomic E-state index is 6.03. The van der Waals surface area contributed by atoms with Crippen molar-refractivity contribution in [1.82, 2.24) is 20.8 Å². The number of ether oxygens (including phenoxy) is 1. The molecule has 3 aromatic rings. The number of likely N-dealkylation sites (N-methyl/N-ethyl adjacent to an activating group) is 1. The van der Waals surface area contributed by atoms with E-state index >= 15 is 0 Å². The molecule has 5 nitrogen and oxygen atoms in total. The standard InChI is InChI=1S/C24H27ClN4O/c1-17(26-2)24(19-7-5-4-6-8-19)28-22(23-15-21(30-3)16-27-29-23)14-11-18-9-12-20(25)13-10-18/h4-10,12-13,15-16,22,24,26,28H,1,11,14H2,2-3H3. The molecule has 1 heterocycles. The number of benzene rings is 2. The van der Waals surface area contributed by atoms with Crippen molar-refractivity contribution in [3.63, 3.8) is 0 Å². The van der Waals surface area contributed by atoms with E-state index in [0.29, 0.717) is 5.75 Å². The number of nitrogens with one attached hydrogen (secondary N) is 2. The Morgan fingerprint density at radius 2 is 1.87 bits per heavy atom. The lowest BCUT2D eigenvalue weighted by Gasteiger charge is -2.27. The number of hydrogen-bond donors (Lipinski definition) is 2. The zero-order valence-electron chi connectivity index (χ0n) is 17.3. The van der Waals surface area contributed by atoms with Crippen LogP contribution in [0.4, 0.5) is 0 Å². The van der Waals surface area contributed by atoms with Gasteiger partial charge in [0.1, 0.15) is 5.75 Å². The zero-order chi connectivity index (χ0) is 21.3. The molecule has 0 saturated carbocycles. The summed E-state index contributed by atoms with van der Waals surface area (Å²) in [7, 11) is 3.51. The number of rotatable bonds is 10. The molecule has 0 aliphatic carbocycles. The van der Waals surface area contributed by atoms with Gasteiger partial charge in [0.15, 0.2) is 0 Å². The van der Waals surface area contributed by atoms with Crippen LogP contribution in [0.1, 0.15) is 35.3 Å². The lowest BCUT2D eigenvalue weighted by Crippen LogP contribution is -2.32. The molecule has 0 radical (unpaired) electrons. The smallest absolute Gasteiger partial charge is 0.140 e. The topological polar surface area (TPSA) is 59.1 Å². The lowest BCUT2D eigenvalue weighted by atomic mass is 9.98. The number of aryl methyl sites for hydroxylation is 1. The van der Waals surface area contributed by atoms with Gasteiger partial charge in [-0.05, 0) is 36.1 Å². The Morgan fingerprint density at radius 1 is 1.13 bits per heavy atom. The number of nitrogens with zero attached hydrogens (tertiary/aromatic N) is 2. The summed E-state index contributed by atoms with van der Waals surface area (Å²) < 4.78 is 5.36. The molecule has 0 amide bonds. The van der Waals surface area contributed by atoms with Crippen molar-refractivity contribution in [2.45, 2.75) is 24.9 Å². The summed E-state index contributed by atoms with van der Waals surface area (Å²) in [6.07, 6.45) is 3.30. The fraction of sp³-hybridized carbons (Fsp3) is 0.250. The Hall–Kier alpha value is -2.89. The molecule has 2 N–H and O–H groups in total. The van der Waals surface area contributed by atoms with Crippen LogP contribution in [0.15, 0.2) is 79.1 Å². The van der Waals surface area contributed by atoms with Crippen LogP contribution in [0.25, 0.3) is 0 Å². The average molecular weight is 423 g/mol. The minimum absolute atomic E-state index is 0.0569. The molecule has 0 saturated heterocycles. The first-order valence-electron chi connectivity index (χ1n) is 9.89. The molecule has 2 atom stereocenters. The highest BCUT2D eigenvalue weighted by Crippen LogP contribution is 2.27. The van der Waals surface area contributed by atoms with Crippen LogP contribution in [0.3, 0.4) is 0 Å². The van der Waals surface area contributed by atoms with Gasteiger partial charge in [-0.25, -0.2) is 0 Å². The molecule has 3 rings (SSSR count). The van der Waals surface area contributed by atoms with Gasteiger partial charge in [0.25, 0.3) is 0 Å². The van der Waals surface area contributed by atoms with E-state index in [2.05, 4.69) is 51.7 Å². The van der Waals surface area contributed by atoms with Crippen LogP contribution >= 0.6 is 11.6 Å². The van der Waals surface area contributed by atoms with E-state index < -0.39 is 0 Å². The second-order valence-corrected chi connectivity index (χ2v) is 7.46. The molecule has 0 aliphatic rings. The predicted molar refractivity (Wildman–Crippen MR) is 122 cm³/mol. The van der Waals surface area contributed by atoms with Crippen molar-refractivity contribution in [3.8, 4) is 5.75 Å². The maximum Gasteiger partial charge on any atom is 0.140 e. The maximum absolute atomic E-state index is 6.03. The first kappa shape index (κ1) is 21.8. The van der Waals surface area contributed by atoms with Crippen LogP contribution in [-0.4, -0.2) is 24.4 Å². The quantitative estimate of drug-likeness (QED) is 0.487. The summed E-state index contributed by atoms with van der Waals surface area (Å²) in [6, 6.07) is 20.0. The van der Waals surface area contributed by atoms with E-state index in [1.165, 1.54) is 5.56 Å². The van der Waals surface area contributed by atoms with E-state index in [1.54, 1.807) is 13.3 Å². The normalized spacial score (nSPS) is 12.8. The molecular formula is C24H27ClN4O. The van der Waals surface area contributed by atoms with Gasteiger partial charge in [-0.3, -0.25) is 5.32 Å². The van der Waals surface area contributed by atoms with Crippen LogP contribution < -0.4 is 15.4 Å². The Labute approximate surface area is 183 Å². The SMILES string of the molecule is C=C(NC)C(NC(CCc1ccc(Cl)cc1)c1cc(OC)cnn1)c1ccccc1. The van der Waals surface area contributed by atoms with Gasteiger partial charge >= 0.3 is 0 Å². The highest BCUT2D eigenvalue weighted by Gasteiger charge is 2.22.